The van der Waals surface area contributed by atoms with Crippen molar-refractivity contribution in [1.82, 2.24) is 10.2 Å². The summed E-state index contributed by atoms with van der Waals surface area (Å²) in [6.45, 7) is 12.1. The van der Waals surface area contributed by atoms with Gasteiger partial charge < -0.3 is 15.0 Å². The molecule has 1 aromatic rings. The highest BCUT2D eigenvalue weighted by Crippen LogP contribution is 2.24. The van der Waals surface area contributed by atoms with Crippen LogP contribution < -0.4 is 5.32 Å². The third-order valence-electron chi connectivity index (χ3n) is 4.93. The topological polar surface area (TPSA) is 53.9 Å². The van der Waals surface area contributed by atoms with E-state index in [1.165, 1.54) is 5.56 Å². The van der Waals surface area contributed by atoms with Gasteiger partial charge in [-0.3, -0.25) is 9.79 Å². The molecule has 1 N–H and O–H groups in total. The summed E-state index contributed by atoms with van der Waals surface area (Å²) in [7, 11) is 0. The maximum atomic E-state index is 11.9. The van der Waals surface area contributed by atoms with Gasteiger partial charge in [-0.05, 0) is 32.3 Å². The van der Waals surface area contributed by atoms with Gasteiger partial charge in [-0.1, -0.05) is 44.2 Å². The van der Waals surface area contributed by atoms with Crippen LogP contribution in [0.4, 0.5) is 0 Å². The van der Waals surface area contributed by atoms with Gasteiger partial charge in [-0.25, -0.2) is 0 Å². The van der Waals surface area contributed by atoms with Gasteiger partial charge in [0.25, 0.3) is 0 Å². The van der Waals surface area contributed by atoms with Gasteiger partial charge >= 0.3 is 5.97 Å². The first kappa shape index (κ1) is 23.7. The predicted octanol–water partition coefficient (Wildman–Crippen LogP) is 3.82. The molecule has 0 spiro atoms. The van der Waals surface area contributed by atoms with Crippen molar-refractivity contribution in [2.45, 2.75) is 46.0 Å². The van der Waals surface area contributed by atoms with Crippen LogP contribution in [-0.4, -0.2) is 49.6 Å². The van der Waals surface area contributed by atoms with Gasteiger partial charge in [-0.15, -0.1) is 24.0 Å². The zero-order valence-corrected chi connectivity index (χ0v) is 19.4. The zero-order chi connectivity index (χ0) is 19.0. The number of benzene rings is 1. The van der Waals surface area contributed by atoms with E-state index in [-0.39, 0.29) is 41.3 Å². The fourth-order valence-corrected chi connectivity index (χ4v) is 3.27. The summed E-state index contributed by atoms with van der Waals surface area (Å²) in [6, 6.07) is 10.5. The van der Waals surface area contributed by atoms with E-state index in [1.54, 1.807) is 0 Å². The van der Waals surface area contributed by atoms with Crippen molar-refractivity contribution in [3.8, 4) is 0 Å². The molecule has 1 aliphatic heterocycles. The highest BCUT2D eigenvalue weighted by molar-refractivity contribution is 14.0. The van der Waals surface area contributed by atoms with Gasteiger partial charge in [0.2, 0.25) is 0 Å². The first-order valence-electron chi connectivity index (χ1n) is 9.73. The zero-order valence-electron chi connectivity index (χ0n) is 17.0. The Morgan fingerprint density at radius 1 is 1.22 bits per heavy atom. The summed E-state index contributed by atoms with van der Waals surface area (Å²) in [5, 5.41) is 3.41. The quantitative estimate of drug-likeness (QED) is 0.287. The first-order chi connectivity index (χ1) is 12.5. The average Bonchev–Trinajstić information content (AvgIpc) is 2.66. The number of ether oxygens (including phenoxy) is 1. The summed E-state index contributed by atoms with van der Waals surface area (Å²) in [4.78, 5) is 19.1. The van der Waals surface area contributed by atoms with Crippen molar-refractivity contribution in [2.75, 3.05) is 32.8 Å². The number of nitrogens with one attached hydrogen (secondary N) is 1. The molecule has 1 aromatic carbocycles. The van der Waals surface area contributed by atoms with Crippen LogP contribution in [0.3, 0.4) is 0 Å². The summed E-state index contributed by atoms with van der Waals surface area (Å²) in [5.41, 5.74) is 1.27. The molecule has 0 aliphatic carbocycles. The van der Waals surface area contributed by atoms with Gasteiger partial charge in [0.1, 0.15) is 0 Å². The lowest BCUT2D eigenvalue weighted by Crippen LogP contribution is -2.47. The van der Waals surface area contributed by atoms with E-state index in [9.17, 15) is 4.79 Å². The number of hydrogen-bond acceptors (Lipinski definition) is 3. The molecular weight excluding hydrogens is 453 g/mol. The Labute approximate surface area is 181 Å². The number of piperidine rings is 1. The highest BCUT2D eigenvalue weighted by atomic mass is 127. The monoisotopic (exact) mass is 487 g/mol. The Bertz CT molecular complexity index is 597. The normalized spacial score (nSPS) is 15.9. The van der Waals surface area contributed by atoms with Crippen LogP contribution in [0.15, 0.2) is 35.3 Å². The molecule has 1 fully saturated rings. The molecule has 0 radical (unpaired) electrons. The Kier molecular flexibility index (Phi) is 10.1. The van der Waals surface area contributed by atoms with Crippen LogP contribution in [0.2, 0.25) is 0 Å². The minimum Gasteiger partial charge on any atom is -0.466 e. The number of nitrogens with zero attached hydrogens (tertiary/aromatic N) is 2. The van der Waals surface area contributed by atoms with Gasteiger partial charge in [0.15, 0.2) is 5.96 Å². The number of guanidine groups is 1. The Morgan fingerprint density at radius 2 is 1.85 bits per heavy atom. The molecule has 27 heavy (non-hydrogen) atoms. The van der Waals surface area contributed by atoms with Crippen LogP contribution in [0, 0.1) is 5.92 Å². The second-order valence-corrected chi connectivity index (χ2v) is 7.43. The number of carbonyl (C=O) groups is 1. The van der Waals surface area contributed by atoms with E-state index >= 15 is 0 Å². The summed E-state index contributed by atoms with van der Waals surface area (Å²) >= 11 is 0. The number of carbonyl (C=O) groups excluding carboxylic acids is 1. The maximum Gasteiger partial charge on any atom is 0.309 e. The number of rotatable bonds is 6. The van der Waals surface area contributed by atoms with E-state index in [2.05, 4.69) is 55.3 Å². The smallest absolute Gasteiger partial charge is 0.309 e. The molecule has 0 saturated carbocycles. The van der Waals surface area contributed by atoms with Gasteiger partial charge in [0, 0.05) is 25.0 Å². The van der Waals surface area contributed by atoms with Crippen LogP contribution in [0.25, 0.3) is 0 Å². The second kappa shape index (κ2) is 11.5. The molecule has 0 bridgehead atoms. The first-order valence-corrected chi connectivity index (χ1v) is 9.73. The van der Waals surface area contributed by atoms with Crippen molar-refractivity contribution >= 4 is 35.9 Å². The van der Waals surface area contributed by atoms with E-state index < -0.39 is 0 Å². The Morgan fingerprint density at radius 3 is 2.41 bits per heavy atom. The van der Waals surface area contributed by atoms with Crippen molar-refractivity contribution in [3.63, 3.8) is 0 Å². The van der Waals surface area contributed by atoms with E-state index in [1.807, 2.05) is 13.0 Å². The average molecular weight is 487 g/mol. The fraction of sp³-hybridized carbons (Fsp3) is 0.619. The molecule has 0 aromatic heterocycles. The minimum atomic E-state index is -0.0562. The molecule has 1 heterocycles. The number of esters is 1. The van der Waals surface area contributed by atoms with E-state index in [0.717, 1.165) is 45.0 Å². The Balaban J connectivity index is 0.00000364. The highest BCUT2D eigenvalue weighted by Gasteiger charge is 2.28. The number of halogens is 1. The fourth-order valence-electron chi connectivity index (χ4n) is 3.27. The maximum absolute atomic E-state index is 11.9. The largest absolute Gasteiger partial charge is 0.466 e. The number of aliphatic imine (C=N–C) groups is 1. The summed E-state index contributed by atoms with van der Waals surface area (Å²) < 4.78 is 5.16. The number of likely N-dealkylation sites (tertiary alicyclic amines) is 1. The molecule has 152 valence electrons. The van der Waals surface area contributed by atoms with Gasteiger partial charge in [0.05, 0.1) is 19.1 Å². The number of hydrogen-bond donors (Lipinski definition) is 1. The van der Waals surface area contributed by atoms with Crippen molar-refractivity contribution in [2.24, 2.45) is 10.9 Å². The van der Waals surface area contributed by atoms with Crippen molar-refractivity contribution in [3.05, 3.63) is 35.9 Å². The van der Waals surface area contributed by atoms with E-state index in [0.29, 0.717) is 6.61 Å². The molecule has 5 nitrogen and oxygen atoms in total. The van der Waals surface area contributed by atoms with E-state index in [4.69, 9.17) is 9.73 Å². The summed E-state index contributed by atoms with van der Waals surface area (Å²) in [5.74, 6) is 0.910. The third-order valence-corrected chi connectivity index (χ3v) is 4.93. The lowest BCUT2D eigenvalue weighted by molar-refractivity contribution is -0.149. The minimum absolute atomic E-state index is 0. The molecule has 0 atom stereocenters. The van der Waals surface area contributed by atoms with Crippen LogP contribution >= 0.6 is 24.0 Å². The SMILES string of the molecule is CCNC(=NCC(C)(C)c1ccccc1)N1CCC(C(=O)OCC)CC1.I. The Hall–Kier alpha value is -1.31. The summed E-state index contributed by atoms with van der Waals surface area (Å²) in [6.07, 6.45) is 1.65. The molecular formula is C21H34IN3O2. The van der Waals surface area contributed by atoms with Crippen molar-refractivity contribution < 1.29 is 9.53 Å². The van der Waals surface area contributed by atoms with Crippen LogP contribution in [0.5, 0.6) is 0 Å². The predicted molar refractivity (Wildman–Crippen MR) is 122 cm³/mol. The molecule has 2 rings (SSSR count). The van der Waals surface area contributed by atoms with Crippen LogP contribution in [0.1, 0.15) is 46.1 Å². The molecule has 1 saturated heterocycles. The van der Waals surface area contributed by atoms with Crippen LogP contribution in [-0.2, 0) is 14.9 Å². The molecule has 0 amide bonds. The standard InChI is InChI=1S/C21H33N3O2.HI/c1-5-22-20(23-16-21(3,4)18-10-8-7-9-11-18)24-14-12-17(13-15-24)19(25)26-6-2;/h7-11,17H,5-6,12-16H2,1-4H3,(H,22,23);1H. The molecule has 0 unspecified atom stereocenters. The van der Waals surface area contributed by atoms with Gasteiger partial charge in [-0.2, -0.15) is 0 Å². The molecule has 6 heteroatoms. The molecule has 1 aliphatic rings. The lowest BCUT2D eigenvalue weighted by Gasteiger charge is -2.34. The lowest BCUT2D eigenvalue weighted by atomic mass is 9.85. The third kappa shape index (κ3) is 6.97. The van der Waals surface area contributed by atoms with Crippen molar-refractivity contribution in [1.29, 1.82) is 0 Å². The second-order valence-electron chi connectivity index (χ2n) is 7.43.